The molecule has 0 amide bonds. The minimum absolute atomic E-state index is 0.381. The maximum Gasteiger partial charge on any atom is 0.219 e. The van der Waals surface area contributed by atoms with Gasteiger partial charge in [-0.3, -0.25) is 0 Å². The lowest BCUT2D eigenvalue weighted by atomic mass is 10.3. The van der Waals surface area contributed by atoms with E-state index in [1.807, 2.05) is 6.07 Å². The lowest BCUT2D eigenvalue weighted by Crippen LogP contribution is -2.18. The number of methoxy groups -OCH3 is 1. The first kappa shape index (κ1) is 16.0. The monoisotopic (exact) mass is 326 g/mol. The van der Waals surface area contributed by atoms with Crippen molar-refractivity contribution >= 4 is 23.2 Å². The van der Waals surface area contributed by atoms with Crippen LogP contribution in [0.2, 0.25) is 10.0 Å². The summed E-state index contributed by atoms with van der Waals surface area (Å²) in [6, 6.07) is 8.97. The standard InChI is InChI=1S/C15H16Cl2N2O2/c1-20-8-7-18-9-11-5-6-14(19-10-11)21-13-4-2-3-12(16)15(13)17/h2-6,10,18H,7-9H2,1H3. The second-order valence-electron chi connectivity index (χ2n) is 4.33. The van der Waals surface area contributed by atoms with Crippen LogP contribution in [0.15, 0.2) is 36.5 Å². The molecule has 0 spiro atoms. The Morgan fingerprint density at radius 3 is 2.76 bits per heavy atom. The molecule has 1 aromatic carbocycles. The number of halogens is 2. The minimum Gasteiger partial charge on any atom is -0.437 e. The van der Waals surface area contributed by atoms with E-state index in [1.54, 1.807) is 37.6 Å². The van der Waals surface area contributed by atoms with E-state index in [4.69, 9.17) is 32.7 Å². The number of hydrogen-bond donors (Lipinski definition) is 1. The van der Waals surface area contributed by atoms with Gasteiger partial charge in [0.1, 0.15) is 10.8 Å². The van der Waals surface area contributed by atoms with Crippen molar-refractivity contribution in [1.29, 1.82) is 0 Å². The molecular formula is C15H16Cl2N2O2. The molecule has 0 fully saturated rings. The van der Waals surface area contributed by atoms with E-state index in [9.17, 15) is 0 Å². The Morgan fingerprint density at radius 1 is 1.19 bits per heavy atom. The minimum atomic E-state index is 0.381. The largest absolute Gasteiger partial charge is 0.437 e. The van der Waals surface area contributed by atoms with Crippen molar-refractivity contribution in [2.24, 2.45) is 0 Å². The fourth-order valence-corrected chi connectivity index (χ4v) is 1.99. The van der Waals surface area contributed by atoms with Gasteiger partial charge in [-0.25, -0.2) is 4.98 Å². The van der Waals surface area contributed by atoms with Gasteiger partial charge in [-0.15, -0.1) is 0 Å². The molecule has 0 bridgehead atoms. The van der Waals surface area contributed by atoms with Crippen LogP contribution in [-0.4, -0.2) is 25.2 Å². The number of rotatable bonds is 7. The molecule has 0 radical (unpaired) electrons. The van der Waals surface area contributed by atoms with Crippen molar-refractivity contribution < 1.29 is 9.47 Å². The summed E-state index contributed by atoms with van der Waals surface area (Å²) in [7, 11) is 1.68. The zero-order chi connectivity index (χ0) is 15.1. The van der Waals surface area contributed by atoms with Crippen LogP contribution in [-0.2, 0) is 11.3 Å². The molecule has 1 N–H and O–H groups in total. The van der Waals surface area contributed by atoms with E-state index in [-0.39, 0.29) is 0 Å². The smallest absolute Gasteiger partial charge is 0.219 e. The number of nitrogens with one attached hydrogen (secondary N) is 1. The van der Waals surface area contributed by atoms with E-state index in [2.05, 4.69) is 10.3 Å². The number of aromatic nitrogens is 1. The zero-order valence-electron chi connectivity index (χ0n) is 11.6. The highest BCUT2D eigenvalue weighted by Crippen LogP contribution is 2.33. The quantitative estimate of drug-likeness (QED) is 0.783. The topological polar surface area (TPSA) is 43.4 Å². The summed E-state index contributed by atoms with van der Waals surface area (Å²) in [5, 5.41) is 4.08. The van der Waals surface area contributed by atoms with Crippen molar-refractivity contribution in [3.05, 3.63) is 52.1 Å². The fourth-order valence-electron chi connectivity index (χ4n) is 1.66. The van der Waals surface area contributed by atoms with Gasteiger partial charge < -0.3 is 14.8 Å². The third kappa shape index (κ3) is 4.86. The molecule has 0 saturated carbocycles. The van der Waals surface area contributed by atoms with Crippen LogP contribution < -0.4 is 10.1 Å². The number of nitrogens with zero attached hydrogens (tertiary/aromatic N) is 1. The van der Waals surface area contributed by atoms with Gasteiger partial charge in [-0.2, -0.15) is 0 Å². The van der Waals surface area contributed by atoms with Gasteiger partial charge in [0.15, 0.2) is 0 Å². The van der Waals surface area contributed by atoms with Gasteiger partial charge in [0, 0.05) is 32.5 Å². The van der Waals surface area contributed by atoms with Crippen molar-refractivity contribution in [3.8, 4) is 11.6 Å². The van der Waals surface area contributed by atoms with E-state index < -0.39 is 0 Å². The highest BCUT2D eigenvalue weighted by Gasteiger charge is 2.07. The molecule has 6 heteroatoms. The first-order chi connectivity index (χ1) is 10.2. The molecule has 2 aromatic rings. The van der Waals surface area contributed by atoms with Gasteiger partial charge in [-0.05, 0) is 17.7 Å². The second-order valence-corrected chi connectivity index (χ2v) is 5.11. The molecule has 0 saturated heterocycles. The van der Waals surface area contributed by atoms with Gasteiger partial charge >= 0.3 is 0 Å². The van der Waals surface area contributed by atoms with E-state index in [0.717, 1.165) is 18.7 Å². The highest BCUT2D eigenvalue weighted by molar-refractivity contribution is 6.42. The summed E-state index contributed by atoms with van der Waals surface area (Å²) in [5.74, 6) is 0.961. The van der Waals surface area contributed by atoms with Crippen molar-refractivity contribution in [1.82, 2.24) is 10.3 Å². The van der Waals surface area contributed by atoms with Crippen LogP contribution in [0.1, 0.15) is 5.56 Å². The molecule has 0 aliphatic carbocycles. The number of ether oxygens (including phenoxy) is 2. The van der Waals surface area contributed by atoms with Crippen LogP contribution in [0.5, 0.6) is 11.6 Å². The van der Waals surface area contributed by atoms with Crippen molar-refractivity contribution in [2.45, 2.75) is 6.54 Å². The first-order valence-corrected chi connectivity index (χ1v) is 7.22. The summed E-state index contributed by atoms with van der Waals surface area (Å²) in [6.07, 6.45) is 1.76. The van der Waals surface area contributed by atoms with E-state index >= 15 is 0 Å². The molecule has 0 unspecified atom stereocenters. The van der Waals surface area contributed by atoms with Gasteiger partial charge in [0.05, 0.1) is 11.6 Å². The number of pyridine rings is 1. The third-order valence-corrected chi connectivity index (χ3v) is 3.54. The average Bonchev–Trinajstić information content (AvgIpc) is 2.50. The van der Waals surface area contributed by atoms with Gasteiger partial charge in [-0.1, -0.05) is 35.3 Å². The molecule has 0 aliphatic heterocycles. The Morgan fingerprint density at radius 2 is 2.05 bits per heavy atom. The molecular weight excluding hydrogens is 311 g/mol. The predicted octanol–water partition coefficient (Wildman–Crippen LogP) is 3.92. The Hall–Kier alpha value is -1.33. The van der Waals surface area contributed by atoms with Crippen LogP contribution >= 0.6 is 23.2 Å². The fraction of sp³-hybridized carbons (Fsp3) is 0.267. The zero-order valence-corrected chi connectivity index (χ0v) is 13.1. The van der Waals surface area contributed by atoms with Gasteiger partial charge in [0.2, 0.25) is 5.88 Å². The Labute approximate surface area is 134 Å². The molecule has 2 rings (SSSR count). The maximum atomic E-state index is 6.07. The summed E-state index contributed by atoms with van der Waals surface area (Å²) in [5.41, 5.74) is 1.07. The maximum absolute atomic E-state index is 6.07. The van der Waals surface area contributed by atoms with Gasteiger partial charge in [0.25, 0.3) is 0 Å². The van der Waals surface area contributed by atoms with Crippen LogP contribution in [0.4, 0.5) is 0 Å². The molecule has 1 aromatic heterocycles. The molecule has 112 valence electrons. The summed E-state index contributed by atoms with van der Waals surface area (Å²) < 4.78 is 10.6. The Balaban J connectivity index is 1.94. The average molecular weight is 327 g/mol. The van der Waals surface area contributed by atoms with Crippen molar-refractivity contribution in [2.75, 3.05) is 20.3 Å². The van der Waals surface area contributed by atoms with Crippen LogP contribution in [0.3, 0.4) is 0 Å². The molecule has 4 nitrogen and oxygen atoms in total. The van der Waals surface area contributed by atoms with E-state index in [1.165, 1.54) is 0 Å². The lowest BCUT2D eigenvalue weighted by Gasteiger charge is -2.08. The summed E-state index contributed by atoms with van der Waals surface area (Å²) >= 11 is 12.0. The lowest BCUT2D eigenvalue weighted by molar-refractivity contribution is 0.199. The van der Waals surface area contributed by atoms with Crippen LogP contribution in [0, 0.1) is 0 Å². The Bertz CT molecular complexity index is 576. The Kier molecular flexibility index (Phi) is 6.26. The van der Waals surface area contributed by atoms with Crippen LogP contribution in [0.25, 0.3) is 0 Å². The number of benzene rings is 1. The summed E-state index contributed by atoms with van der Waals surface area (Å²) in [4.78, 5) is 4.25. The SMILES string of the molecule is COCCNCc1ccc(Oc2cccc(Cl)c2Cl)nc1. The van der Waals surface area contributed by atoms with E-state index in [0.29, 0.717) is 28.3 Å². The molecule has 0 aliphatic rings. The normalized spacial score (nSPS) is 10.6. The molecule has 1 heterocycles. The highest BCUT2D eigenvalue weighted by atomic mass is 35.5. The number of hydrogen-bond acceptors (Lipinski definition) is 4. The first-order valence-electron chi connectivity index (χ1n) is 6.47. The molecule has 21 heavy (non-hydrogen) atoms. The predicted molar refractivity (Wildman–Crippen MR) is 84.4 cm³/mol. The second kappa shape index (κ2) is 8.20. The molecule has 0 atom stereocenters. The summed E-state index contributed by atoms with van der Waals surface area (Å²) in [6.45, 7) is 2.21. The van der Waals surface area contributed by atoms with Crippen molar-refractivity contribution in [3.63, 3.8) is 0 Å². The third-order valence-electron chi connectivity index (χ3n) is 2.74.